The van der Waals surface area contributed by atoms with Crippen LogP contribution in [0.25, 0.3) is 17.2 Å². The van der Waals surface area contributed by atoms with Gasteiger partial charge in [-0.25, -0.2) is 0 Å². The Labute approximate surface area is 148 Å². The smallest absolute Gasteiger partial charge is 0.227 e. The van der Waals surface area contributed by atoms with E-state index in [1.54, 1.807) is 6.08 Å². The average molecular weight is 336 g/mol. The Balaban J connectivity index is 0.00000208. The van der Waals surface area contributed by atoms with Crippen LogP contribution in [-0.4, -0.2) is 5.78 Å². The van der Waals surface area contributed by atoms with E-state index in [0.29, 0.717) is 6.54 Å². The van der Waals surface area contributed by atoms with Crippen molar-refractivity contribution in [3.05, 3.63) is 96.8 Å². The highest BCUT2D eigenvalue weighted by molar-refractivity contribution is 5.95. The predicted molar refractivity (Wildman–Crippen MR) is 92.9 cm³/mol. The molecule has 3 heteroatoms. The van der Waals surface area contributed by atoms with E-state index >= 15 is 0 Å². The monoisotopic (exact) mass is 335 g/mol. The quantitative estimate of drug-likeness (QED) is 0.506. The molecule has 0 amide bonds. The molecule has 0 fully saturated rings. The van der Waals surface area contributed by atoms with Crippen LogP contribution in [0.3, 0.4) is 0 Å². The molecule has 0 radical (unpaired) electrons. The van der Waals surface area contributed by atoms with E-state index in [2.05, 4.69) is 18.7 Å². The van der Waals surface area contributed by atoms with Gasteiger partial charge in [-0.2, -0.15) is 4.57 Å². The summed E-state index contributed by atoms with van der Waals surface area (Å²) in [5.41, 5.74) is 4.04. The minimum absolute atomic E-state index is 0. The highest BCUT2D eigenvalue weighted by Gasteiger charge is 2.12. The van der Waals surface area contributed by atoms with Gasteiger partial charge in [0.05, 0.1) is 0 Å². The zero-order valence-electron chi connectivity index (χ0n) is 13.2. The Hall–Kier alpha value is -2.71. The second-order valence-corrected chi connectivity index (χ2v) is 5.37. The molecule has 1 aromatic heterocycles. The molecule has 0 aliphatic heterocycles. The Morgan fingerprint density at radius 3 is 2.04 bits per heavy atom. The fraction of sp³-hybridized carbons (Fsp3) is 0.0476. The van der Waals surface area contributed by atoms with Gasteiger partial charge in [0.2, 0.25) is 12.3 Å². The van der Waals surface area contributed by atoms with Gasteiger partial charge in [0.25, 0.3) is 0 Å². The van der Waals surface area contributed by atoms with Gasteiger partial charge < -0.3 is 12.4 Å². The van der Waals surface area contributed by atoms with Gasteiger partial charge in [-0.05, 0) is 16.7 Å². The molecular weight excluding hydrogens is 318 g/mol. The summed E-state index contributed by atoms with van der Waals surface area (Å²) < 4.78 is 1.88. The van der Waals surface area contributed by atoms with E-state index in [1.165, 1.54) is 0 Å². The van der Waals surface area contributed by atoms with Crippen molar-refractivity contribution >= 4 is 11.9 Å². The zero-order chi connectivity index (χ0) is 16.1. The van der Waals surface area contributed by atoms with Gasteiger partial charge in [0.1, 0.15) is 0 Å². The van der Waals surface area contributed by atoms with Crippen molar-refractivity contribution in [2.75, 3.05) is 0 Å². The molecule has 0 bridgehead atoms. The minimum atomic E-state index is 0. The van der Waals surface area contributed by atoms with Crippen LogP contribution in [0.15, 0.2) is 85.7 Å². The number of ketones is 1. The normalized spacial score (nSPS) is 9.83. The number of rotatable bonds is 5. The van der Waals surface area contributed by atoms with Crippen LogP contribution < -0.4 is 17.0 Å². The molecular formula is C21H18ClNO. The second kappa shape index (κ2) is 8.23. The summed E-state index contributed by atoms with van der Waals surface area (Å²) >= 11 is 0. The second-order valence-electron chi connectivity index (χ2n) is 5.37. The SMILES string of the molecule is C=Cc1cc[n+](CC(=O)c2ccc(-c3ccccc3)cc2)cc1.[Cl-]. The van der Waals surface area contributed by atoms with Crippen molar-refractivity contribution in [3.63, 3.8) is 0 Å². The van der Waals surface area contributed by atoms with Crippen LogP contribution in [0, 0.1) is 0 Å². The molecule has 0 saturated heterocycles. The summed E-state index contributed by atoms with van der Waals surface area (Å²) in [7, 11) is 0. The van der Waals surface area contributed by atoms with Gasteiger partial charge in [-0.1, -0.05) is 67.3 Å². The first-order valence-corrected chi connectivity index (χ1v) is 7.56. The average Bonchev–Trinajstić information content (AvgIpc) is 2.63. The summed E-state index contributed by atoms with van der Waals surface area (Å²) in [5.74, 6) is 0.0981. The van der Waals surface area contributed by atoms with Crippen LogP contribution in [0.2, 0.25) is 0 Å². The number of halogens is 1. The third-order valence-electron chi connectivity index (χ3n) is 3.79. The molecule has 2 aromatic carbocycles. The van der Waals surface area contributed by atoms with Crippen molar-refractivity contribution < 1.29 is 21.8 Å². The third-order valence-corrected chi connectivity index (χ3v) is 3.79. The molecule has 0 unspecified atom stereocenters. The summed E-state index contributed by atoms with van der Waals surface area (Å²) in [4.78, 5) is 12.4. The highest BCUT2D eigenvalue weighted by Crippen LogP contribution is 2.19. The largest absolute Gasteiger partial charge is 1.00 e. The maximum atomic E-state index is 12.4. The Bertz CT molecular complexity index is 809. The number of nitrogens with zero attached hydrogens (tertiary/aromatic N) is 1. The molecule has 2 nitrogen and oxygen atoms in total. The highest BCUT2D eigenvalue weighted by atomic mass is 35.5. The third kappa shape index (κ3) is 4.18. The standard InChI is InChI=1S/C21H18NO.ClH/c1-2-17-12-14-22(15-13-17)16-21(23)20-10-8-19(9-11-20)18-6-4-3-5-7-18;/h2-15H,1,16H2;1H/q+1;/p-1. The van der Waals surface area contributed by atoms with Gasteiger partial charge in [0.15, 0.2) is 12.4 Å². The van der Waals surface area contributed by atoms with E-state index in [0.717, 1.165) is 22.3 Å². The van der Waals surface area contributed by atoms with Gasteiger partial charge in [0, 0.05) is 17.7 Å². The molecule has 120 valence electrons. The van der Waals surface area contributed by atoms with Gasteiger partial charge in [-0.15, -0.1) is 0 Å². The first-order valence-electron chi connectivity index (χ1n) is 7.56. The van der Waals surface area contributed by atoms with Crippen molar-refractivity contribution in [1.29, 1.82) is 0 Å². The molecule has 0 spiro atoms. The molecule has 0 atom stereocenters. The molecule has 3 aromatic rings. The van der Waals surface area contributed by atoms with Crippen molar-refractivity contribution in [3.8, 4) is 11.1 Å². The predicted octanol–water partition coefficient (Wildman–Crippen LogP) is 1.17. The number of Topliss-reactive ketones (excluding diaryl/α,β-unsaturated/α-hetero) is 1. The van der Waals surface area contributed by atoms with Crippen LogP contribution in [0.1, 0.15) is 15.9 Å². The topological polar surface area (TPSA) is 20.9 Å². The summed E-state index contributed by atoms with van der Waals surface area (Å²) in [5, 5.41) is 0. The lowest BCUT2D eigenvalue weighted by molar-refractivity contribution is -0.683. The number of hydrogen-bond donors (Lipinski definition) is 0. The Morgan fingerprint density at radius 1 is 0.875 bits per heavy atom. The van der Waals surface area contributed by atoms with E-state index < -0.39 is 0 Å². The zero-order valence-corrected chi connectivity index (χ0v) is 14.0. The lowest BCUT2D eigenvalue weighted by atomic mass is 10.0. The fourth-order valence-corrected chi connectivity index (χ4v) is 2.45. The Morgan fingerprint density at radius 2 is 1.46 bits per heavy atom. The van der Waals surface area contributed by atoms with Crippen LogP contribution in [0.5, 0.6) is 0 Å². The maximum Gasteiger partial charge on any atom is 0.227 e. The first kappa shape index (κ1) is 17.6. The number of carbonyl (C=O) groups is 1. The Kier molecular flexibility index (Phi) is 6.05. The molecule has 0 aliphatic carbocycles. The lowest BCUT2D eigenvalue weighted by Gasteiger charge is -2.03. The fourth-order valence-electron chi connectivity index (χ4n) is 2.45. The lowest BCUT2D eigenvalue weighted by Crippen LogP contribution is -3.00. The number of hydrogen-bond acceptors (Lipinski definition) is 1. The maximum absolute atomic E-state index is 12.4. The molecule has 3 rings (SSSR count). The van der Waals surface area contributed by atoms with Crippen molar-refractivity contribution in [2.24, 2.45) is 0 Å². The molecule has 1 heterocycles. The van der Waals surface area contributed by atoms with Crippen molar-refractivity contribution in [1.82, 2.24) is 0 Å². The summed E-state index contributed by atoms with van der Waals surface area (Å²) in [6.07, 6.45) is 5.58. The van der Waals surface area contributed by atoms with E-state index in [9.17, 15) is 4.79 Å². The van der Waals surface area contributed by atoms with Gasteiger partial charge in [-0.3, -0.25) is 4.79 Å². The molecule has 0 saturated carbocycles. The van der Waals surface area contributed by atoms with Crippen molar-refractivity contribution in [2.45, 2.75) is 6.54 Å². The first-order chi connectivity index (χ1) is 11.3. The molecule has 0 aliphatic rings. The van der Waals surface area contributed by atoms with Crippen LogP contribution in [-0.2, 0) is 6.54 Å². The number of aromatic nitrogens is 1. The van der Waals surface area contributed by atoms with Gasteiger partial charge >= 0.3 is 0 Å². The minimum Gasteiger partial charge on any atom is -1.00 e. The number of benzene rings is 2. The molecule has 0 N–H and O–H groups in total. The number of pyridine rings is 1. The van der Waals surface area contributed by atoms with E-state index in [4.69, 9.17) is 0 Å². The van der Waals surface area contributed by atoms with E-state index in [1.807, 2.05) is 71.6 Å². The number of carbonyl (C=O) groups excluding carboxylic acids is 1. The molecule has 24 heavy (non-hydrogen) atoms. The summed E-state index contributed by atoms with van der Waals surface area (Å²) in [6.45, 7) is 4.06. The summed E-state index contributed by atoms with van der Waals surface area (Å²) in [6, 6.07) is 21.8. The van der Waals surface area contributed by atoms with Crippen LogP contribution in [0.4, 0.5) is 0 Å². The van der Waals surface area contributed by atoms with Crippen LogP contribution >= 0.6 is 0 Å². The van der Waals surface area contributed by atoms with E-state index in [-0.39, 0.29) is 18.2 Å².